The Balaban J connectivity index is 1.46. The smallest absolute Gasteiger partial charge is 0.265 e. The van der Waals surface area contributed by atoms with Crippen LogP contribution in [0, 0.1) is 20.8 Å². The van der Waals surface area contributed by atoms with Gasteiger partial charge in [0.2, 0.25) is 0 Å². The maximum Gasteiger partial charge on any atom is 0.265 e. The molecule has 0 saturated carbocycles. The minimum atomic E-state index is 0.0471. The van der Waals surface area contributed by atoms with Gasteiger partial charge in [0.05, 0.1) is 16.7 Å². The van der Waals surface area contributed by atoms with Gasteiger partial charge in [-0.1, -0.05) is 0 Å². The van der Waals surface area contributed by atoms with E-state index in [1.165, 1.54) is 11.3 Å². The molecule has 0 bridgehead atoms. The zero-order valence-electron chi connectivity index (χ0n) is 14.6. The predicted molar refractivity (Wildman–Crippen MR) is 95.2 cm³/mol. The van der Waals surface area contributed by atoms with E-state index >= 15 is 0 Å². The highest BCUT2D eigenvalue weighted by Gasteiger charge is 2.34. The van der Waals surface area contributed by atoms with Crippen molar-refractivity contribution in [3.8, 4) is 0 Å². The summed E-state index contributed by atoms with van der Waals surface area (Å²) in [5.41, 5.74) is 1.55. The molecule has 0 atom stereocenters. The maximum absolute atomic E-state index is 12.7. The van der Waals surface area contributed by atoms with Crippen LogP contribution in [-0.2, 0) is 0 Å². The third kappa shape index (κ3) is 2.64. The number of carbonyl (C=O) groups is 1. The first-order valence-corrected chi connectivity index (χ1v) is 8.91. The Morgan fingerprint density at radius 1 is 1.24 bits per heavy atom. The normalized spacial score (nSPS) is 14.8. The summed E-state index contributed by atoms with van der Waals surface area (Å²) in [4.78, 5) is 21.7. The van der Waals surface area contributed by atoms with E-state index in [4.69, 9.17) is 0 Å². The molecule has 0 aromatic carbocycles. The highest BCUT2D eigenvalue weighted by molar-refractivity contribution is 7.13. The third-order valence-corrected chi connectivity index (χ3v) is 5.62. The number of fused-ring (bicyclic) bond motifs is 1. The summed E-state index contributed by atoms with van der Waals surface area (Å²) in [7, 11) is 1.86. The topological polar surface area (TPSA) is 79.5 Å². The summed E-state index contributed by atoms with van der Waals surface area (Å²) < 4.78 is 1.74. The standard InChI is InChI=1S/C16H19N7OS/c1-9-15(25-11(3)17-9)16(24)21(4)12-7-22(8-12)14-6-5-13-19-18-10(2)23(13)20-14/h5-6,12H,7-8H2,1-4H3. The van der Waals surface area contributed by atoms with Crippen molar-refractivity contribution in [3.05, 3.63) is 33.5 Å². The Bertz CT molecular complexity index is 957. The number of thiazole rings is 1. The van der Waals surface area contributed by atoms with Crippen molar-refractivity contribution in [1.82, 2.24) is 29.7 Å². The van der Waals surface area contributed by atoms with Crippen molar-refractivity contribution in [1.29, 1.82) is 0 Å². The first-order valence-electron chi connectivity index (χ1n) is 8.09. The largest absolute Gasteiger partial charge is 0.351 e. The van der Waals surface area contributed by atoms with Crippen molar-refractivity contribution < 1.29 is 4.79 Å². The molecule has 0 unspecified atom stereocenters. The van der Waals surface area contributed by atoms with Gasteiger partial charge in [0, 0.05) is 20.1 Å². The lowest BCUT2D eigenvalue weighted by Crippen LogP contribution is -2.60. The molecule has 9 heteroatoms. The van der Waals surface area contributed by atoms with Crippen LogP contribution < -0.4 is 4.90 Å². The zero-order chi connectivity index (χ0) is 17.7. The average Bonchev–Trinajstić information content (AvgIpc) is 3.07. The van der Waals surface area contributed by atoms with E-state index in [2.05, 4.69) is 25.2 Å². The van der Waals surface area contributed by atoms with Gasteiger partial charge in [0.25, 0.3) is 5.91 Å². The van der Waals surface area contributed by atoms with Gasteiger partial charge in [-0.15, -0.1) is 26.6 Å². The Labute approximate surface area is 149 Å². The molecule has 3 aromatic heterocycles. The van der Waals surface area contributed by atoms with Gasteiger partial charge in [0.1, 0.15) is 10.7 Å². The van der Waals surface area contributed by atoms with E-state index in [9.17, 15) is 4.79 Å². The number of aromatic nitrogens is 5. The number of aryl methyl sites for hydroxylation is 3. The molecule has 130 valence electrons. The van der Waals surface area contributed by atoms with Gasteiger partial charge in [-0.05, 0) is 32.9 Å². The van der Waals surface area contributed by atoms with E-state index in [1.54, 1.807) is 4.52 Å². The Hall–Kier alpha value is -2.55. The van der Waals surface area contributed by atoms with Crippen LogP contribution in [0.25, 0.3) is 5.65 Å². The molecule has 3 aromatic rings. The van der Waals surface area contributed by atoms with Crippen molar-refractivity contribution >= 4 is 28.7 Å². The van der Waals surface area contributed by atoms with E-state index in [0.29, 0.717) is 0 Å². The minimum absolute atomic E-state index is 0.0471. The minimum Gasteiger partial charge on any atom is -0.351 e. The average molecular weight is 357 g/mol. The highest BCUT2D eigenvalue weighted by Crippen LogP contribution is 2.25. The fourth-order valence-corrected chi connectivity index (χ4v) is 3.90. The van der Waals surface area contributed by atoms with Gasteiger partial charge in [-0.3, -0.25) is 4.79 Å². The second-order valence-electron chi connectivity index (χ2n) is 6.33. The van der Waals surface area contributed by atoms with Gasteiger partial charge in [-0.2, -0.15) is 4.52 Å². The van der Waals surface area contributed by atoms with Gasteiger partial charge >= 0.3 is 0 Å². The number of likely N-dealkylation sites (N-methyl/N-ethyl adjacent to an activating group) is 1. The molecule has 0 aliphatic carbocycles. The van der Waals surface area contributed by atoms with Crippen molar-refractivity contribution in [2.45, 2.75) is 26.8 Å². The van der Waals surface area contributed by atoms with Gasteiger partial charge < -0.3 is 9.80 Å². The van der Waals surface area contributed by atoms with E-state index in [-0.39, 0.29) is 11.9 Å². The zero-order valence-corrected chi connectivity index (χ0v) is 15.4. The van der Waals surface area contributed by atoms with Crippen molar-refractivity contribution in [2.75, 3.05) is 25.0 Å². The van der Waals surface area contributed by atoms with Crippen LogP contribution in [0.5, 0.6) is 0 Å². The summed E-state index contributed by atoms with van der Waals surface area (Å²) in [6, 6.07) is 4.03. The number of hydrogen-bond acceptors (Lipinski definition) is 7. The van der Waals surface area contributed by atoms with Gasteiger partial charge in [0.15, 0.2) is 11.5 Å². The van der Waals surface area contributed by atoms with Crippen molar-refractivity contribution in [2.24, 2.45) is 0 Å². The van der Waals surface area contributed by atoms with E-state index < -0.39 is 0 Å². The Morgan fingerprint density at radius 3 is 2.68 bits per heavy atom. The summed E-state index contributed by atoms with van der Waals surface area (Å²) in [5, 5.41) is 13.6. The SMILES string of the molecule is Cc1nc(C)c(C(=O)N(C)C2CN(c3ccc4nnc(C)n4n3)C2)s1. The molecule has 1 amide bonds. The fourth-order valence-electron chi connectivity index (χ4n) is 3.00. The molecule has 0 N–H and O–H groups in total. The molecule has 4 rings (SSSR count). The van der Waals surface area contributed by atoms with Crippen LogP contribution in [0.4, 0.5) is 5.82 Å². The molecule has 1 aliphatic heterocycles. The summed E-state index contributed by atoms with van der Waals surface area (Å²) in [5.74, 6) is 1.68. The van der Waals surface area contributed by atoms with Crippen LogP contribution in [-0.4, -0.2) is 61.8 Å². The summed E-state index contributed by atoms with van der Waals surface area (Å²) >= 11 is 1.46. The molecule has 0 radical (unpaired) electrons. The number of nitrogens with zero attached hydrogens (tertiary/aromatic N) is 7. The lowest BCUT2D eigenvalue weighted by molar-refractivity contribution is 0.0709. The van der Waals surface area contributed by atoms with Crippen LogP contribution in [0.1, 0.15) is 26.2 Å². The lowest BCUT2D eigenvalue weighted by Gasteiger charge is -2.44. The predicted octanol–water partition coefficient (Wildman–Crippen LogP) is 1.47. The molecule has 1 saturated heterocycles. The summed E-state index contributed by atoms with van der Waals surface area (Å²) in [6.45, 7) is 7.21. The number of hydrogen-bond donors (Lipinski definition) is 0. The van der Waals surface area contributed by atoms with Crippen LogP contribution in [0.15, 0.2) is 12.1 Å². The first-order chi connectivity index (χ1) is 11.9. The monoisotopic (exact) mass is 357 g/mol. The number of anilines is 1. The number of amides is 1. The molecule has 0 spiro atoms. The second-order valence-corrected chi connectivity index (χ2v) is 7.53. The molecule has 8 nitrogen and oxygen atoms in total. The molecule has 25 heavy (non-hydrogen) atoms. The molecule has 1 aliphatic rings. The van der Waals surface area contributed by atoms with Crippen LogP contribution >= 0.6 is 11.3 Å². The molecule has 1 fully saturated rings. The quantitative estimate of drug-likeness (QED) is 0.706. The molecule has 4 heterocycles. The second kappa shape index (κ2) is 5.76. The number of rotatable bonds is 3. The van der Waals surface area contributed by atoms with E-state index in [0.717, 1.165) is 46.0 Å². The Kier molecular flexibility index (Phi) is 3.68. The van der Waals surface area contributed by atoms with Gasteiger partial charge in [-0.25, -0.2) is 4.98 Å². The highest BCUT2D eigenvalue weighted by atomic mass is 32.1. The summed E-state index contributed by atoms with van der Waals surface area (Å²) in [6.07, 6.45) is 0. The van der Waals surface area contributed by atoms with Crippen LogP contribution in [0.2, 0.25) is 0 Å². The lowest BCUT2D eigenvalue weighted by atomic mass is 10.1. The third-order valence-electron chi connectivity index (χ3n) is 4.56. The van der Waals surface area contributed by atoms with Crippen LogP contribution in [0.3, 0.4) is 0 Å². The Morgan fingerprint density at radius 2 is 2.00 bits per heavy atom. The fraction of sp³-hybridized carbons (Fsp3) is 0.438. The number of carbonyl (C=O) groups excluding carboxylic acids is 1. The maximum atomic E-state index is 12.7. The van der Waals surface area contributed by atoms with Crippen molar-refractivity contribution in [3.63, 3.8) is 0 Å². The molecular weight excluding hydrogens is 338 g/mol. The first kappa shape index (κ1) is 15.9. The van der Waals surface area contributed by atoms with E-state index in [1.807, 2.05) is 44.9 Å². The molecular formula is C16H19N7OS.